The standard InChI is InChI=1S/C15H16N4O3/c1-9(20)16-10-3-2-4-11(7-10)17-15(21)14-12-8-22-6-5-13(12)18-19-14/h2-4,7H,5-6,8H2,1H3,(H,16,20)(H,17,21)(H,18,19). The average molecular weight is 300 g/mol. The Morgan fingerprint density at radius 1 is 1.27 bits per heavy atom. The lowest BCUT2D eigenvalue weighted by molar-refractivity contribution is -0.114. The molecule has 7 heteroatoms. The molecule has 2 heterocycles. The third-order valence-electron chi connectivity index (χ3n) is 3.35. The number of hydrogen-bond donors (Lipinski definition) is 3. The van der Waals surface area contributed by atoms with Crippen LogP contribution in [0.3, 0.4) is 0 Å². The highest BCUT2D eigenvalue weighted by molar-refractivity contribution is 6.04. The minimum atomic E-state index is -0.303. The maximum atomic E-state index is 12.3. The van der Waals surface area contributed by atoms with E-state index in [1.54, 1.807) is 24.3 Å². The lowest BCUT2D eigenvalue weighted by Gasteiger charge is -2.12. The maximum absolute atomic E-state index is 12.3. The van der Waals surface area contributed by atoms with Gasteiger partial charge in [0.25, 0.3) is 5.91 Å². The molecule has 2 aromatic rings. The third kappa shape index (κ3) is 2.99. The number of anilines is 2. The Morgan fingerprint density at radius 2 is 2.05 bits per heavy atom. The van der Waals surface area contributed by atoms with Gasteiger partial charge in [-0.2, -0.15) is 5.10 Å². The zero-order valence-corrected chi connectivity index (χ0v) is 12.1. The molecule has 3 N–H and O–H groups in total. The van der Waals surface area contributed by atoms with Gasteiger partial charge < -0.3 is 15.4 Å². The van der Waals surface area contributed by atoms with Crippen molar-refractivity contribution >= 4 is 23.2 Å². The molecule has 3 rings (SSSR count). The first-order chi connectivity index (χ1) is 10.6. The largest absolute Gasteiger partial charge is 0.376 e. The van der Waals surface area contributed by atoms with Gasteiger partial charge in [-0.3, -0.25) is 14.7 Å². The zero-order chi connectivity index (χ0) is 15.5. The average Bonchev–Trinajstić information content (AvgIpc) is 2.91. The number of amides is 2. The maximum Gasteiger partial charge on any atom is 0.276 e. The number of nitrogens with zero attached hydrogens (tertiary/aromatic N) is 1. The Labute approximate surface area is 127 Å². The second-order valence-corrected chi connectivity index (χ2v) is 5.05. The predicted octanol–water partition coefficient (Wildman–Crippen LogP) is 1.69. The molecule has 0 unspecified atom stereocenters. The number of benzene rings is 1. The molecule has 7 nitrogen and oxygen atoms in total. The van der Waals surface area contributed by atoms with Crippen molar-refractivity contribution in [3.8, 4) is 0 Å². The molecule has 1 aliphatic rings. The van der Waals surface area contributed by atoms with E-state index in [2.05, 4.69) is 20.8 Å². The van der Waals surface area contributed by atoms with Crippen LogP contribution in [0, 0.1) is 0 Å². The van der Waals surface area contributed by atoms with Gasteiger partial charge in [0.05, 0.1) is 13.2 Å². The van der Waals surface area contributed by atoms with Crippen LogP contribution in [-0.2, 0) is 22.6 Å². The van der Waals surface area contributed by atoms with Crippen molar-refractivity contribution in [2.24, 2.45) is 0 Å². The molecular formula is C15H16N4O3. The number of carbonyl (C=O) groups is 2. The summed E-state index contributed by atoms with van der Waals surface area (Å²) in [5.41, 5.74) is 3.31. The topological polar surface area (TPSA) is 96.1 Å². The van der Waals surface area contributed by atoms with Crippen LogP contribution in [0.15, 0.2) is 24.3 Å². The van der Waals surface area contributed by atoms with Crippen LogP contribution in [-0.4, -0.2) is 28.6 Å². The van der Waals surface area contributed by atoms with Crippen molar-refractivity contribution in [3.05, 3.63) is 41.2 Å². The van der Waals surface area contributed by atoms with Gasteiger partial charge in [-0.1, -0.05) is 6.07 Å². The predicted molar refractivity (Wildman–Crippen MR) is 80.6 cm³/mol. The molecule has 2 amide bonds. The van der Waals surface area contributed by atoms with Gasteiger partial charge in [0.1, 0.15) is 0 Å². The van der Waals surface area contributed by atoms with Gasteiger partial charge in [-0.25, -0.2) is 0 Å². The second-order valence-electron chi connectivity index (χ2n) is 5.05. The highest BCUT2D eigenvalue weighted by atomic mass is 16.5. The molecule has 0 radical (unpaired) electrons. The smallest absolute Gasteiger partial charge is 0.276 e. The number of H-pyrrole nitrogens is 1. The van der Waals surface area contributed by atoms with E-state index in [0.717, 1.165) is 17.7 Å². The van der Waals surface area contributed by atoms with Crippen molar-refractivity contribution in [1.82, 2.24) is 10.2 Å². The number of rotatable bonds is 3. The highest BCUT2D eigenvalue weighted by Gasteiger charge is 2.22. The number of nitrogens with one attached hydrogen (secondary N) is 3. The summed E-state index contributed by atoms with van der Waals surface area (Å²) in [5.74, 6) is -0.468. The summed E-state index contributed by atoms with van der Waals surface area (Å²) >= 11 is 0. The normalized spacial score (nSPS) is 13.3. The van der Waals surface area contributed by atoms with Crippen LogP contribution < -0.4 is 10.6 Å². The van der Waals surface area contributed by atoms with Crippen LogP contribution in [0.2, 0.25) is 0 Å². The van der Waals surface area contributed by atoms with Crippen LogP contribution in [0.1, 0.15) is 28.7 Å². The van der Waals surface area contributed by atoms with E-state index in [-0.39, 0.29) is 11.8 Å². The number of aromatic amines is 1. The van der Waals surface area contributed by atoms with Gasteiger partial charge in [0.15, 0.2) is 5.69 Å². The van der Waals surface area contributed by atoms with E-state index in [1.807, 2.05) is 0 Å². The van der Waals surface area contributed by atoms with E-state index < -0.39 is 0 Å². The van der Waals surface area contributed by atoms with Crippen LogP contribution in [0.5, 0.6) is 0 Å². The van der Waals surface area contributed by atoms with Crippen LogP contribution >= 0.6 is 0 Å². The van der Waals surface area contributed by atoms with E-state index in [4.69, 9.17) is 4.74 Å². The first-order valence-corrected chi connectivity index (χ1v) is 6.96. The number of fused-ring (bicyclic) bond motifs is 1. The van der Waals surface area contributed by atoms with Crippen molar-refractivity contribution < 1.29 is 14.3 Å². The fraction of sp³-hybridized carbons (Fsp3) is 0.267. The van der Waals surface area contributed by atoms with Crippen molar-refractivity contribution in [2.45, 2.75) is 20.0 Å². The highest BCUT2D eigenvalue weighted by Crippen LogP contribution is 2.20. The molecule has 1 aromatic carbocycles. The van der Waals surface area contributed by atoms with E-state index in [1.165, 1.54) is 6.92 Å². The monoisotopic (exact) mass is 300 g/mol. The molecule has 0 fully saturated rings. The summed E-state index contributed by atoms with van der Waals surface area (Å²) in [5, 5.41) is 12.4. The quantitative estimate of drug-likeness (QED) is 0.803. The summed E-state index contributed by atoms with van der Waals surface area (Å²) < 4.78 is 5.37. The summed E-state index contributed by atoms with van der Waals surface area (Å²) in [6.45, 7) is 2.46. The summed E-state index contributed by atoms with van der Waals surface area (Å²) in [7, 11) is 0. The van der Waals surface area contributed by atoms with Gasteiger partial charge in [0, 0.05) is 36.0 Å². The second kappa shape index (κ2) is 5.98. The number of aromatic nitrogens is 2. The van der Waals surface area contributed by atoms with Gasteiger partial charge >= 0.3 is 0 Å². The lowest BCUT2D eigenvalue weighted by Crippen LogP contribution is -2.17. The van der Waals surface area contributed by atoms with Gasteiger partial charge in [0.2, 0.25) is 5.91 Å². The summed E-state index contributed by atoms with van der Waals surface area (Å²) in [4.78, 5) is 23.4. The summed E-state index contributed by atoms with van der Waals surface area (Å²) in [6, 6.07) is 6.94. The Morgan fingerprint density at radius 3 is 2.82 bits per heavy atom. The fourth-order valence-corrected chi connectivity index (χ4v) is 2.37. The number of ether oxygens (including phenoxy) is 1. The summed E-state index contributed by atoms with van der Waals surface area (Å²) in [6.07, 6.45) is 0.730. The van der Waals surface area contributed by atoms with Crippen molar-refractivity contribution in [1.29, 1.82) is 0 Å². The molecule has 1 aromatic heterocycles. The van der Waals surface area contributed by atoms with E-state index in [9.17, 15) is 9.59 Å². The minimum absolute atomic E-state index is 0.165. The molecule has 114 valence electrons. The lowest BCUT2D eigenvalue weighted by atomic mass is 10.1. The molecule has 0 saturated heterocycles. The Balaban J connectivity index is 1.77. The van der Waals surface area contributed by atoms with Crippen molar-refractivity contribution in [2.75, 3.05) is 17.2 Å². The molecule has 0 bridgehead atoms. The number of carbonyl (C=O) groups excluding carboxylic acids is 2. The Bertz CT molecular complexity index is 723. The molecule has 0 aliphatic carbocycles. The van der Waals surface area contributed by atoms with Crippen LogP contribution in [0.4, 0.5) is 11.4 Å². The van der Waals surface area contributed by atoms with Crippen LogP contribution in [0.25, 0.3) is 0 Å². The molecule has 1 aliphatic heterocycles. The zero-order valence-electron chi connectivity index (χ0n) is 12.1. The molecular weight excluding hydrogens is 284 g/mol. The first-order valence-electron chi connectivity index (χ1n) is 6.96. The van der Waals surface area contributed by atoms with Crippen molar-refractivity contribution in [3.63, 3.8) is 0 Å². The minimum Gasteiger partial charge on any atom is -0.376 e. The first kappa shape index (κ1) is 14.3. The SMILES string of the molecule is CC(=O)Nc1cccc(NC(=O)c2n[nH]c3c2COCC3)c1. The third-order valence-corrected chi connectivity index (χ3v) is 3.35. The van der Waals surface area contributed by atoms with E-state index >= 15 is 0 Å². The molecule has 22 heavy (non-hydrogen) atoms. The molecule has 0 saturated carbocycles. The molecule has 0 spiro atoms. The Kier molecular flexibility index (Phi) is 3.88. The fourth-order valence-electron chi connectivity index (χ4n) is 2.37. The van der Waals surface area contributed by atoms with Gasteiger partial charge in [-0.05, 0) is 18.2 Å². The van der Waals surface area contributed by atoms with Gasteiger partial charge in [-0.15, -0.1) is 0 Å². The van der Waals surface area contributed by atoms with E-state index in [0.29, 0.717) is 30.3 Å². The Hall–Kier alpha value is -2.67. The number of hydrogen-bond acceptors (Lipinski definition) is 4. The molecule has 0 atom stereocenters.